The van der Waals surface area contributed by atoms with E-state index in [4.69, 9.17) is 14.2 Å². The van der Waals surface area contributed by atoms with Gasteiger partial charge in [0.15, 0.2) is 23.0 Å². The highest BCUT2D eigenvalue weighted by Crippen LogP contribution is 2.46. The number of rotatable bonds is 6. The zero-order valence-electron chi connectivity index (χ0n) is 19.4. The van der Waals surface area contributed by atoms with Crippen molar-refractivity contribution in [2.24, 2.45) is 0 Å². The zero-order valence-corrected chi connectivity index (χ0v) is 20.2. The Morgan fingerprint density at radius 1 is 0.829 bits per heavy atom. The normalized spacial score (nSPS) is 12.8. The summed E-state index contributed by atoms with van der Waals surface area (Å²) in [5.41, 5.74) is -0.196. The summed E-state index contributed by atoms with van der Waals surface area (Å²) in [4.78, 5) is 15.8. The molecule has 0 saturated carbocycles. The Kier molecular flexibility index (Phi) is 6.22. The second-order valence-electron chi connectivity index (χ2n) is 8.55. The van der Waals surface area contributed by atoms with E-state index in [2.05, 4.69) is 12.1 Å². The largest absolute Gasteiger partial charge is 0.482 e. The van der Waals surface area contributed by atoms with Crippen LogP contribution in [0.1, 0.15) is 19.4 Å². The number of hydrogen-bond acceptors (Lipinski definition) is 4. The topological polar surface area (TPSA) is 44.8 Å². The first-order valence-electron chi connectivity index (χ1n) is 11.2. The number of fused-ring (bicyclic) bond motifs is 2. The molecule has 4 aromatic rings. The molecule has 0 unspecified atom stereocenters. The molecule has 176 valence electrons. The lowest BCUT2D eigenvalue weighted by Gasteiger charge is -2.25. The second kappa shape index (κ2) is 9.47. The van der Waals surface area contributed by atoms with Crippen LogP contribution in [0.25, 0.3) is 0 Å². The van der Waals surface area contributed by atoms with E-state index in [0.717, 1.165) is 26.2 Å². The van der Waals surface area contributed by atoms with E-state index in [1.807, 2.05) is 60.7 Å². The number of carbonyl (C=O) groups is 1. The fourth-order valence-corrected chi connectivity index (χ4v) is 6.14. The van der Waals surface area contributed by atoms with Gasteiger partial charge in [0.25, 0.3) is 0 Å². The Hall–Kier alpha value is -3.77. The first kappa shape index (κ1) is 23.0. The lowest BCUT2D eigenvalue weighted by atomic mass is 9.98. The molecule has 0 aliphatic carbocycles. The fraction of sp³-hybridized carbons (Fsp3) is 0.138. The number of hydrogen-bond donors (Lipinski definition) is 0. The van der Waals surface area contributed by atoms with Crippen LogP contribution in [-0.2, 0) is 26.0 Å². The van der Waals surface area contributed by atoms with Gasteiger partial charge in [0.1, 0.15) is 28.1 Å². The van der Waals surface area contributed by atoms with Crippen molar-refractivity contribution in [2.75, 3.05) is 6.61 Å². The van der Waals surface area contributed by atoms with Crippen molar-refractivity contribution in [3.63, 3.8) is 0 Å². The van der Waals surface area contributed by atoms with E-state index < -0.39 is 11.6 Å². The molecule has 1 aliphatic heterocycles. The lowest BCUT2D eigenvalue weighted by Crippen LogP contribution is -2.28. The third-order valence-electron chi connectivity index (χ3n) is 5.68. The fourth-order valence-electron chi connectivity index (χ4n) is 3.94. The van der Waals surface area contributed by atoms with Crippen molar-refractivity contribution in [3.8, 4) is 17.2 Å². The molecule has 0 amide bonds. The molecule has 0 radical (unpaired) electrons. The van der Waals surface area contributed by atoms with Crippen molar-refractivity contribution in [1.82, 2.24) is 0 Å². The summed E-state index contributed by atoms with van der Waals surface area (Å²) < 4.78 is 30.6. The summed E-state index contributed by atoms with van der Waals surface area (Å²) in [6.45, 7) is 3.30. The van der Waals surface area contributed by atoms with Crippen LogP contribution in [0, 0.1) is 5.82 Å². The molecule has 0 fully saturated rings. The predicted molar refractivity (Wildman–Crippen MR) is 133 cm³/mol. The molecule has 4 nitrogen and oxygen atoms in total. The molecule has 4 aromatic carbocycles. The number of carbonyl (C=O) groups excluding carboxylic acids is 1. The number of esters is 1. The van der Waals surface area contributed by atoms with Crippen molar-refractivity contribution >= 4 is 16.9 Å². The summed E-state index contributed by atoms with van der Waals surface area (Å²) in [6.07, 6.45) is 0. The van der Waals surface area contributed by atoms with Crippen LogP contribution < -0.4 is 9.47 Å². The van der Waals surface area contributed by atoms with Crippen LogP contribution in [-0.4, -0.2) is 12.6 Å². The molecular weight excluding hydrogens is 463 g/mol. The molecule has 1 heterocycles. The van der Waals surface area contributed by atoms with E-state index in [9.17, 15) is 9.18 Å². The van der Waals surface area contributed by atoms with Gasteiger partial charge < -0.3 is 14.2 Å². The van der Waals surface area contributed by atoms with Crippen molar-refractivity contribution in [2.45, 2.75) is 34.1 Å². The highest BCUT2D eigenvalue weighted by Gasteiger charge is 2.38. The van der Waals surface area contributed by atoms with Crippen LogP contribution in [0.4, 0.5) is 4.39 Å². The Bertz CT molecular complexity index is 1300. The van der Waals surface area contributed by atoms with E-state index in [1.54, 1.807) is 26.0 Å². The Labute approximate surface area is 206 Å². The van der Waals surface area contributed by atoms with E-state index in [-0.39, 0.29) is 23.3 Å². The Balaban J connectivity index is 1.28. The number of halogens is 1. The Morgan fingerprint density at radius 3 is 2.00 bits per heavy atom. The van der Waals surface area contributed by atoms with Crippen molar-refractivity contribution < 1.29 is 23.4 Å². The third kappa shape index (κ3) is 4.88. The second-order valence-corrected chi connectivity index (χ2v) is 10.5. The number of para-hydroxylation sites is 2. The SMILES string of the molecule is CC(C)(OC(=O)COc1ccc([S+]2c3ccccc3Oc3ccccc32)cc1)c1ccc(F)cc1. The smallest absolute Gasteiger partial charge is 0.345 e. The summed E-state index contributed by atoms with van der Waals surface area (Å²) in [7, 11) is -0.314. The van der Waals surface area contributed by atoms with Crippen LogP contribution in [0.5, 0.6) is 17.2 Å². The highest BCUT2D eigenvalue weighted by molar-refractivity contribution is 7.97. The minimum absolute atomic E-state index is 0.227. The molecule has 35 heavy (non-hydrogen) atoms. The molecule has 0 saturated heterocycles. The molecule has 0 bridgehead atoms. The van der Waals surface area contributed by atoms with Gasteiger partial charge in [-0.15, -0.1) is 0 Å². The molecule has 0 aromatic heterocycles. The van der Waals surface area contributed by atoms with Gasteiger partial charge in [0.05, 0.1) is 0 Å². The van der Waals surface area contributed by atoms with Crippen LogP contribution in [0.3, 0.4) is 0 Å². The minimum atomic E-state index is -0.900. The van der Waals surface area contributed by atoms with E-state index in [0.29, 0.717) is 11.3 Å². The summed E-state index contributed by atoms with van der Waals surface area (Å²) >= 11 is 0. The molecule has 0 N–H and O–H groups in total. The van der Waals surface area contributed by atoms with Gasteiger partial charge in [0, 0.05) is 0 Å². The van der Waals surface area contributed by atoms with Crippen LogP contribution in [0.15, 0.2) is 112 Å². The number of benzene rings is 4. The minimum Gasteiger partial charge on any atom is -0.482 e. The van der Waals surface area contributed by atoms with Crippen molar-refractivity contribution in [3.05, 3.63) is 108 Å². The average molecular weight is 488 g/mol. The monoisotopic (exact) mass is 487 g/mol. The predicted octanol–water partition coefficient (Wildman–Crippen LogP) is 6.88. The van der Waals surface area contributed by atoms with Crippen molar-refractivity contribution in [1.29, 1.82) is 0 Å². The molecule has 0 atom stereocenters. The lowest BCUT2D eigenvalue weighted by molar-refractivity contribution is -0.159. The highest BCUT2D eigenvalue weighted by atomic mass is 32.2. The van der Waals surface area contributed by atoms with Gasteiger partial charge in [-0.3, -0.25) is 0 Å². The Morgan fingerprint density at radius 2 is 1.40 bits per heavy atom. The summed E-state index contributed by atoms with van der Waals surface area (Å²) in [5, 5.41) is 0. The van der Waals surface area contributed by atoms with Crippen LogP contribution >= 0.6 is 0 Å². The van der Waals surface area contributed by atoms with Gasteiger partial charge in [-0.25, -0.2) is 9.18 Å². The van der Waals surface area contributed by atoms with E-state index in [1.165, 1.54) is 12.1 Å². The maximum absolute atomic E-state index is 13.2. The van der Waals surface area contributed by atoms with Crippen LogP contribution in [0.2, 0.25) is 0 Å². The van der Waals surface area contributed by atoms with Gasteiger partial charge in [-0.1, -0.05) is 36.4 Å². The first-order chi connectivity index (χ1) is 16.9. The standard InChI is InChI=1S/C29H24FO4S/c1-29(2,20-11-13-21(30)14-12-20)34-28(31)19-32-22-15-17-23(18-16-22)35-26-9-5-3-7-24(26)33-25-8-4-6-10-27(25)35/h3-18H,19H2,1-2H3/q+1. The van der Waals surface area contributed by atoms with Gasteiger partial charge in [0.2, 0.25) is 9.79 Å². The number of ether oxygens (including phenoxy) is 3. The van der Waals surface area contributed by atoms with Gasteiger partial charge in [-0.2, -0.15) is 0 Å². The first-order valence-corrected chi connectivity index (χ1v) is 12.4. The molecule has 6 heteroatoms. The summed E-state index contributed by atoms with van der Waals surface area (Å²) in [6, 6.07) is 29.8. The third-order valence-corrected chi connectivity index (χ3v) is 7.98. The van der Waals surface area contributed by atoms with Gasteiger partial charge in [-0.05, 0) is 80.1 Å². The van der Waals surface area contributed by atoms with Gasteiger partial charge >= 0.3 is 5.97 Å². The maximum Gasteiger partial charge on any atom is 0.345 e. The molecular formula is C29H24FO4S+. The average Bonchev–Trinajstić information content (AvgIpc) is 2.86. The quantitative estimate of drug-likeness (QED) is 0.193. The maximum atomic E-state index is 13.2. The summed E-state index contributed by atoms with van der Waals surface area (Å²) in [5.74, 6) is 1.46. The molecule has 5 rings (SSSR count). The molecule has 1 aliphatic rings. The molecule has 0 spiro atoms. The zero-order chi connectivity index (χ0) is 24.4. The van der Waals surface area contributed by atoms with E-state index >= 15 is 0 Å².